The van der Waals surface area contributed by atoms with Crippen molar-refractivity contribution < 1.29 is 4.74 Å². The van der Waals surface area contributed by atoms with Crippen LogP contribution in [0.3, 0.4) is 0 Å². The Morgan fingerprint density at radius 3 is 2.13 bits per heavy atom. The van der Waals surface area contributed by atoms with Crippen LogP contribution in [0.4, 0.5) is 0 Å². The number of alkyl halides is 1. The minimum Gasteiger partial charge on any atom is -0.381 e. The predicted octanol–water partition coefficient (Wildman–Crippen LogP) is 4.48. The maximum absolute atomic E-state index is 6.03. The minimum absolute atomic E-state index is 0.305. The van der Waals surface area contributed by atoms with Gasteiger partial charge in [-0.15, -0.1) is 11.6 Å². The molecule has 0 saturated heterocycles. The Labute approximate surface area is 101 Å². The molecule has 0 unspecified atom stereocenters. The summed E-state index contributed by atoms with van der Waals surface area (Å²) in [6.45, 7) is 10.7. The number of hydrogen-bond donors (Lipinski definition) is 0. The lowest BCUT2D eigenvalue weighted by atomic mass is 9.81. The van der Waals surface area contributed by atoms with Crippen molar-refractivity contribution in [1.82, 2.24) is 0 Å². The summed E-state index contributed by atoms with van der Waals surface area (Å²) in [7, 11) is 0. The van der Waals surface area contributed by atoms with Crippen LogP contribution < -0.4 is 0 Å². The summed E-state index contributed by atoms with van der Waals surface area (Å²) in [5.41, 5.74) is 0.305. The van der Waals surface area contributed by atoms with Gasteiger partial charge in [-0.2, -0.15) is 0 Å². The molecule has 92 valence electrons. The summed E-state index contributed by atoms with van der Waals surface area (Å²) in [4.78, 5) is 0. The van der Waals surface area contributed by atoms with E-state index in [1.54, 1.807) is 0 Å². The van der Waals surface area contributed by atoms with Gasteiger partial charge in [0, 0.05) is 19.1 Å². The molecule has 0 aliphatic heterocycles. The van der Waals surface area contributed by atoms with Gasteiger partial charge in [-0.1, -0.05) is 27.7 Å². The Hall–Kier alpha value is 0.250. The van der Waals surface area contributed by atoms with Crippen LogP contribution in [0.15, 0.2) is 0 Å². The highest BCUT2D eigenvalue weighted by atomic mass is 35.5. The van der Waals surface area contributed by atoms with Gasteiger partial charge >= 0.3 is 0 Å². The Balaban J connectivity index is 3.63. The average Bonchev–Trinajstić information content (AvgIpc) is 2.24. The average molecular weight is 235 g/mol. The van der Waals surface area contributed by atoms with Gasteiger partial charge in [-0.05, 0) is 37.0 Å². The highest BCUT2D eigenvalue weighted by Gasteiger charge is 2.24. The molecule has 0 atom stereocenters. The van der Waals surface area contributed by atoms with Crippen LogP contribution in [0.5, 0.6) is 0 Å². The Morgan fingerprint density at radius 1 is 1.13 bits per heavy atom. The van der Waals surface area contributed by atoms with Crippen molar-refractivity contribution >= 4 is 11.6 Å². The normalized spacial score (nSPS) is 12.4. The molecule has 0 radical (unpaired) electrons. The highest BCUT2D eigenvalue weighted by Crippen LogP contribution is 2.31. The van der Waals surface area contributed by atoms with Gasteiger partial charge in [0.1, 0.15) is 0 Å². The monoisotopic (exact) mass is 234 g/mol. The van der Waals surface area contributed by atoms with Crippen LogP contribution in [0.1, 0.15) is 53.4 Å². The first-order valence-electron chi connectivity index (χ1n) is 6.24. The Morgan fingerprint density at radius 2 is 1.73 bits per heavy atom. The molecular weight excluding hydrogens is 208 g/mol. The van der Waals surface area contributed by atoms with E-state index in [0.717, 1.165) is 50.7 Å². The minimum atomic E-state index is 0.305. The quantitative estimate of drug-likeness (QED) is 0.422. The fourth-order valence-corrected chi connectivity index (χ4v) is 2.08. The standard InChI is InChI=1S/C13H27ClO/c1-5-13(6-2,11-14)8-10-15-9-7-12(3)4/h12H,5-11H2,1-4H3. The molecular formula is C13H27ClO. The van der Waals surface area contributed by atoms with Gasteiger partial charge in [0.15, 0.2) is 0 Å². The molecule has 1 nitrogen and oxygen atoms in total. The van der Waals surface area contributed by atoms with Crippen molar-refractivity contribution in [3.05, 3.63) is 0 Å². The molecule has 0 bridgehead atoms. The Bertz CT molecular complexity index is 133. The fraction of sp³-hybridized carbons (Fsp3) is 1.00. The van der Waals surface area contributed by atoms with E-state index >= 15 is 0 Å². The molecule has 0 rings (SSSR count). The first-order chi connectivity index (χ1) is 7.10. The zero-order chi connectivity index (χ0) is 11.7. The second-order valence-electron chi connectivity index (χ2n) is 4.89. The van der Waals surface area contributed by atoms with Crippen LogP contribution in [0.25, 0.3) is 0 Å². The van der Waals surface area contributed by atoms with E-state index in [2.05, 4.69) is 27.7 Å². The molecule has 0 amide bonds. The van der Waals surface area contributed by atoms with Crippen molar-refractivity contribution in [2.24, 2.45) is 11.3 Å². The molecule has 0 aromatic heterocycles. The van der Waals surface area contributed by atoms with Gasteiger partial charge < -0.3 is 4.74 Å². The van der Waals surface area contributed by atoms with Crippen LogP contribution in [-0.4, -0.2) is 19.1 Å². The molecule has 0 aromatic carbocycles. The maximum Gasteiger partial charge on any atom is 0.0471 e. The highest BCUT2D eigenvalue weighted by molar-refractivity contribution is 6.18. The summed E-state index contributed by atoms with van der Waals surface area (Å²) in [5.74, 6) is 1.49. The number of halogens is 1. The lowest BCUT2D eigenvalue weighted by molar-refractivity contribution is 0.0894. The second kappa shape index (κ2) is 8.41. The Kier molecular flexibility index (Phi) is 8.55. The molecule has 0 saturated carbocycles. The van der Waals surface area contributed by atoms with Gasteiger partial charge in [0.05, 0.1) is 0 Å². The first-order valence-corrected chi connectivity index (χ1v) is 6.77. The van der Waals surface area contributed by atoms with Gasteiger partial charge in [0.2, 0.25) is 0 Å². The molecule has 0 aliphatic rings. The van der Waals surface area contributed by atoms with Gasteiger partial charge in [-0.3, -0.25) is 0 Å². The molecule has 0 fully saturated rings. The predicted molar refractivity (Wildman–Crippen MR) is 68.6 cm³/mol. The van der Waals surface area contributed by atoms with E-state index in [9.17, 15) is 0 Å². The van der Waals surface area contributed by atoms with Crippen molar-refractivity contribution in [2.45, 2.75) is 53.4 Å². The van der Waals surface area contributed by atoms with E-state index in [1.807, 2.05) is 0 Å². The lowest BCUT2D eigenvalue weighted by Crippen LogP contribution is -2.23. The lowest BCUT2D eigenvalue weighted by Gasteiger charge is -2.29. The SMILES string of the molecule is CCC(CC)(CCl)CCOCCC(C)C. The largest absolute Gasteiger partial charge is 0.381 e. The van der Waals surface area contributed by atoms with Gasteiger partial charge in [0.25, 0.3) is 0 Å². The first kappa shape index (κ1) is 15.2. The number of hydrogen-bond acceptors (Lipinski definition) is 1. The summed E-state index contributed by atoms with van der Waals surface area (Å²) in [6.07, 6.45) is 4.56. The van der Waals surface area contributed by atoms with Crippen molar-refractivity contribution in [3.63, 3.8) is 0 Å². The number of ether oxygens (including phenoxy) is 1. The third kappa shape index (κ3) is 6.42. The van der Waals surface area contributed by atoms with Crippen LogP contribution >= 0.6 is 11.6 Å². The summed E-state index contributed by atoms with van der Waals surface area (Å²) >= 11 is 6.03. The van der Waals surface area contributed by atoms with E-state index in [-0.39, 0.29) is 0 Å². The molecule has 15 heavy (non-hydrogen) atoms. The maximum atomic E-state index is 6.03. The van der Waals surface area contributed by atoms with Crippen molar-refractivity contribution in [1.29, 1.82) is 0 Å². The summed E-state index contributed by atoms with van der Waals surface area (Å²) < 4.78 is 5.65. The van der Waals surface area contributed by atoms with E-state index in [1.165, 1.54) is 0 Å². The van der Waals surface area contributed by atoms with E-state index in [0.29, 0.717) is 5.41 Å². The third-order valence-electron chi connectivity index (χ3n) is 3.40. The fourth-order valence-electron chi connectivity index (χ4n) is 1.57. The summed E-state index contributed by atoms with van der Waals surface area (Å²) in [6, 6.07) is 0. The molecule has 0 aliphatic carbocycles. The van der Waals surface area contributed by atoms with Crippen molar-refractivity contribution in [2.75, 3.05) is 19.1 Å². The zero-order valence-corrected chi connectivity index (χ0v) is 11.6. The second-order valence-corrected chi connectivity index (χ2v) is 5.15. The molecule has 0 aromatic rings. The van der Waals surface area contributed by atoms with E-state index in [4.69, 9.17) is 16.3 Å². The topological polar surface area (TPSA) is 9.23 Å². The van der Waals surface area contributed by atoms with Crippen molar-refractivity contribution in [3.8, 4) is 0 Å². The molecule has 2 heteroatoms. The summed E-state index contributed by atoms with van der Waals surface area (Å²) in [5, 5.41) is 0. The van der Waals surface area contributed by atoms with Crippen LogP contribution in [0.2, 0.25) is 0 Å². The molecule has 0 spiro atoms. The van der Waals surface area contributed by atoms with Gasteiger partial charge in [-0.25, -0.2) is 0 Å². The van der Waals surface area contributed by atoms with Crippen LogP contribution in [-0.2, 0) is 4.74 Å². The zero-order valence-electron chi connectivity index (χ0n) is 10.8. The van der Waals surface area contributed by atoms with E-state index < -0.39 is 0 Å². The van der Waals surface area contributed by atoms with Crippen LogP contribution in [0, 0.1) is 11.3 Å². The number of rotatable bonds is 9. The molecule has 0 N–H and O–H groups in total. The smallest absolute Gasteiger partial charge is 0.0471 e. The third-order valence-corrected chi connectivity index (χ3v) is 3.97. The molecule has 0 heterocycles.